The van der Waals surface area contributed by atoms with Crippen molar-refractivity contribution < 1.29 is 14.4 Å². The van der Waals surface area contributed by atoms with Crippen molar-refractivity contribution in [2.45, 2.75) is 38.6 Å². The SMILES string of the molecule is O=C1NC(=O)C2(CCCCC2)C(=O)N1Cc1sccc1Br. The molecule has 5 nitrogen and oxygen atoms in total. The number of amides is 4. The summed E-state index contributed by atoms with van der Waals surface area (Å²) >= 11 is 4.88. The van der Waals surface area contributed by atoms with Crippen LogP contribution in [-0.2, 0) is 16.1 Å². The first-order valence-electron chi connectivity index (χ1n) is 6.94. The average Bonchev–Trinajstić information content (AvgIpc) is 2.88. The number of rotatable bonds is 2. The van der Waals surface area contributed by atoms with Crippen molar-refractivity contribution in [1.82, 2.24) is 10.2 Å². The van der Waals surface area contributed by atoms with E-state index in [1.165, 1.54) is 16.2 Å². The van der Waals surface area contributed by atoms with Gasteiger partial charge in [0.1, 0.15) is 5.41 Å². The molecule has 1 aromatic heterocycles. The first-order valence-corrected chi connectivity index (χ1v) is 8.61. The number of thiophene rings is 1. The Morgan fingerprint density at radius 3 is 2.57 bits per heavy atom. The third-order valence-corrected chi connectivity index (χ3v) is 6.17. The van der Waals surface area contributed by atoms with Crippen LogP contribution in [-0.4, -0.2) is 22.7 Å². The highest BCUT2D eigenvalue weighted by molar-refractivity contribution is 9.10. The fourth-order valence-electron chi connectivity index (χ4n) is 3.05. The van der Waals surface area contributed by atoms with Crippen LogP contribution in [0.25, 0.3) is 0 Å². The molecule has 7 heteroatoms. The molecule has 0 radical (unpaired) electrons. The van der Waals surface area contributed by atoms with E-state index in [0.29, 0.717) is 12.8 Å². The zero-order chi connectivity index (χ0) is 15.0. The van der Waals surface area contributed by atoms with Crippen molar-refractivity contribution in [3.8, 4) is 0 Å². The average molecular weight is 371 g/mol. The van der Waals surface area contributed by atoms with E-state index in [2.05, 4.69) is 21.2 Å². The summed E-state index contributed by atoms with van der Waals surface area (Å²) in [5.41, 5.74) is -1.03. The lowest BCUT2D eigenvalue weighted by atomic mass is 9.71. The number of carbonyl (C=O) groups excluding carboxylic acids is 3. The number of urea groups is 1. The van der Waals surface area contributed by atoms with Crippen LogP contribution < -0.4 is 5.32 Å². The topological polar surface area (TPSA) is 66.5 Å². The first-order chi connectivity index (χ1) is 10.0. The molecule has 2 aliphatic rings. The summed E-state index contributed by atoms with van der Waals surface area (Å²) in [4.78, 5) is 39.1. The molecule has 0 bridgehead atoms. The second-order valence-electron chi connectivity index (χ2n) is 5.49. The number of imide groups is 2. The van der Waals surface area contributed by atoms with Gasteiger partial charge in [-0.05, 0) is 40.2 Å². The van der Waals surface area contributed by atoms with Gasteiger partial charge in [0.25, 0.3) is 0 Å². The van der Waals surface area contributed by atoms with E-state index in [-0.39, 0.29) is 12.5 Å². The quantitative estimate of drug-likeness (QED) is 0.813. The minimum absolute atomic E-state index is 0.206. The summed E-state index contributed by atoms with van der Waals surface area (Å²) in [5.74, 6) is -0.755. The molecule has 1 aromatic rings. The monoisotopic (exact) mass is 370 g/mol. The highest BCUT2D eigenvalue weighted by Crippen LogP contribution is 2.40. The third-order valence-electron chi connectivity index (χ3n) is 4.25. The van der Waals surface area contributed by atoms with E-state index >= 15 is 0 Å². The van der Waals surface area contributed by atoms with Crippen LogP contribution in [0, 0.1) is 5.41 Å². The van der Waals surface area contributed by atoms with E-state index in [9.17, 15) is 14.4 Å². The largest absolute Gasteiger partial charge is 0.331 e. The molecule has 1 saturated heterocycles. The Labute approximate surface area is 134 Å². The van der Waals surface area contributed by atoms with Crippen molar-refractivity contribution in [1.29, 1.82) is 0 Å². The smallest absolute Gasteiger partial charge is 0.277 e. The molecule has 2 heterocycles. The van der Waals surface area contributed by atoms with Crippen molar-refractivity contribution in [2.75, 3.05) is 0 Å². The van der Waals surface area contributed by atoms with Crippen LogP contribution in [0.3, 0.4) is 0 Å². The van der Waals surface area contributed by atoms with Gasteiger partial charge in [-0.1, -0.05) is 19.3 Å². The van der Waals surface area contributed by atoms with Gasteiger partial charge in [0.15, 0.2) is 0 Å². The molecule has 0 atom stereocenters. The van der Waals surface area contributed by atoms with E-state index < -0.39 is 17.4 Å². The van der Waals surface area contributed by atoms with Crippen LogP contribution in [0.5, 0.6) is 0 Å². The van der Waals surface area contributed by atoms with Crippen LogP contribution in [0.4, 0.5) is 4.79 Å². The number of carbonyl (C=O) groups is 3. The molecule has 2 fully saturated rings. The Morgan fingerprint density at radius 1 is 1.24 bits per heavy atom. The summed E-state index contributed by atoms with van der Waals surface area (Å²) in [6.45, 7) is 0.206. The number of barbiturate groups is 1. The second-order valence-corrected chi connectivity index (χ2v) is 7.34. The number of hydrogen-bond acceptors (Lipinski definition) is 4. The van der Waals surface area contributed by atoms with Crippen molar-refractivity contribution in [3.05, 3.63) is 20.8 Å². The van der Waals surface area contributed by atoms with Crippen LogP contribution in [0.2, 0.25) is 0 Å². The van der Waals surface area contributed by atoms with Gasteiger partial charge in [0.05, 0.1) is 6.54 Å². The van der Waals surface area contributed by atoms with E-state index in [1.807, 2.05) is 11.4 Å². The predicted octanol–water partition coefficient (Wildman–Crippen LogP) is 3.04. The third kappa shape index (κ3) is 2.42. The van der Waals surface area contributed by atoms with Crippen LogP contribution in [0.1, 0.15) is 37.0 Å². The summed E-state index contributed by atoms with van der Waals surface area (Å²) in [5, 5.41) is 4.26. The highest BCUT2D eigenvalue weighted by Gasteiger charge is 2.53. The fraction of sp³-hybridized carbons (Fsp3) is 0.500. The zero-order valence-electron chi connectivity index (χ0n) is 11.4. The lowest BCUT2D eigenvalue weighted by molar-refractivity contribution is -0.154. The zero-order valence-corrected chi connectivity index (χ0v) is 13.8. The van der Waals surface area contributed by atoms with Crippen LogP contribution in [0.15, 0.2) is 15.9 Å². The van der Waals surface area contributed by atoms with Crippen molar-refractivity contribution in [3.63, 3.8) is 0 Å². The first kappa shape index (κ1) is 14.7. The van der Waals surface area contributed by atoms with Gasteiger partial charge >= 0.3 is 6.03 Å². The van der Waals surface area contributed by atoms with Crippen molar-refractivity contribution in [2.24, 2.45) is 5.41 Å². The van der Waals surface area contributed by atoms with Gasteiger partial charge < -0.3 is 0 Å². The molecule has 112 valence electrons. The number of nitrogens with zero attached hydrogens (tertiary/aromatic N) is 1. The maximum absolute atomic E-state index is 12.8. The molecule has 0 unspecified atom stereocenters. The Kier molecular flexibility index (Phi) is 3.88. The molecule has 1 N–H and O–H groups in total. The molecule has 1 saturated carbocycles. The lowest BCUT2D eigenvalue weighted by Gasteiger charge is -2.41. The molecular formula is C14H15BrN2O3S. The normalized spacial score (nSPS) is 21.8. The highest BCUT2D eigenvalue weighted by atomic mass is 79.9. The Bertz CT molecular complexity index is 607. The minimum atomic E-state index is -1.03. The predicted molar refractivity (Wildman–Crippen MR) is 81.6 cm³/mol. The molecule has 0 aromatic carbocycles. The molecule has 21 heavy (non-hydrogen) atoms. The summed E-state index contributed by atoms with van der Waals surface area (Å²) in [6.07, 6.45) is 3.81. The summed E-state index contributed by atoms with van der Waals surface area (Å²) in [7, 11) is 0. The Balaban J connectivity index is 1.89. The summed E-state index contributed by atoms with van der Waals surface area (Å²) in [6, 6.07) is 1.27. The van der Waals surface area contributed by atoms with Gasteiger partial charge in [-0.2, -0.15) is 0 Å². The van der Waals surface area contributed by atoms with E-state index in [1.54, 1.807) is 0 Å². The molecule has 1 aliphatic carbocycles. The molecule has 3 rings (SSSR count). The minimum Gasteiger partial charge on any atom is -0.277 e. The summed E-state index contributed by atoms with van der Waals surface area (Å²) < 4.78 is 0.877. The van der Waals surface area contributed by atoms with Crippen molar-refractivity contribution >= 4 is 45.1 Å². The second kappa shape index (κ2) is 5.53. The molecule has 4 amide bonds. The van der Waals surface area contributed by atoms with E-state index in [4.69, 9.17) is 0 Å². The van der Waals surface area contributed by atoms with E-state index in [0.717, 1.165) is 28.6 Å². The molecular weight excluding hydrogens is 356 g/mol. The van der Waals surface area contributed by atoms with Gasteiger partial charge in [-0.25, -0.2) is 4.79 Å². The standard InChI is InChI=1S/C14H15BrN2O3S/c15-9-4-7-21-10(9)8-17-12(19)14(5-2-1-3-6-14)11(18)16-13(17)20/h4,7H,1-3,5-6,8H2,(H,16,18,20). The maximum atomic E-state index is 12.8. The number of halogens is 1. The van der Waals surface area contributed by atoms with Gasteiger partial charge in [-0.15, -0.1) is 11.3 Å². The van der Waals surface area contributed by atoms with Gasteiger partial charge in [0, 0.05) is 9.35 Å². The van der Waals surface area contributed by atoms with Crippen LogP contribution >= 0.6 is 27.3 Å². The van der Waals surface area contributed by atoms with Gasteiger partial charge in [-0.3, -0.25) is 19.8 Å². The Morgan fingerprint density at radius 2 is 1.95 bits per heavy atom. The Hall–Kier alpha value is -1.21. The molecule has 1 aliphatic heterocycles. The van der Waals surface area contributed by atoms with Gasteiger partial charge in [0.2, 0.25) is 11.8 Å². The maximum Gasteiger partial charge on any atom is 0.331 e. The number of nitrogens with one attached hydrogen (secondary N) is 1. The number of hydrogen-bond donors (Lipinski definition) is 1. The fourth-order valence-corrected chi connectivity index (χ4v) is 4.52. The molecule has 1 spiro atoms. The lowest BCUT2D eigenvalue weighted by Crippen LogP contribution is -2.63.